The van der Waals surface area contributed by atoms with E-state index in [0.717, 1.165) is 32.0 Å². The molecule has 112 valence electrons. The molecule has 4 nitrogen and oxygen atoms in total. The normalized spacial score (nSPS) is 18.7. The van der Waals surface area contributed by atoms with E-state index in [0.29, 0.717) is 6.42 Å². The van der Waals surface area contributed by atoms with Gasteiger partial charge in [-0.15, -0.1) is 0 Å². The van der Waals surface area contributed by atoms with Gasteiger partial charge < -0.3 is 15.3 Å². The van der Waals surface area contributed by atoms with Gasteiger partial charge in [-0.05, 0) is 45.8 Å². The summed E-state index contributed by atoms with van der Waals surface area (Å²) in [6.45, 7) is 3.89. The third kappa shape index (κ3) is 6.39. The van der Waals surface area contributed by atoms with E-state index in [1.165, 1.54) is 32.1 Å². The Morgan fingerprint density at radius 2 is 2.05 bits per heavy atom. The molecule has 0 amide bonds. The van der Waals surface area contributed by atoms with Crippen LogP contribution in [0.3, 0.4) is 0 Å². The average Bonchev–Trinajstić information content (AvgIpc) is 2.42. The van der Waals surface area contributed by atoms with Crippen molar-refractivity contribution in [2.75, 3.05) is 20.1 Å². The number of hydrogen-bond donors (Lipinski definition) is 2. The molecule has 1 atom stereocenters. The zero-order valence-corrected chi connectivity index (χ0v) is 12.5. The number of rotatable bonds is 9. The highest BCUT2D eigenvalue weighted by atomic mass is 16.4. The summed E-state index contributed by atoms with van der Waals surface area (Å²) in [7, 11) is 2.21. The summed E-state index contributed by atoms with van der Waals surface area (Å²) in [5.41, 5.74) is 0. The molecule has 0 radical (unpaired) electrons. The molecular weight excluding hydrogens is 240 g/mol. The molecule has 19 heavy (non-hydrogen) atoms. The fourth-order valence-electron chi connectivity index (χ4n) is 2.91. The summed E-state index contributed by atoms with van der Waals surface area (Å²) in [6.07, 6.45) is 9.44. The molecule has 1 aliphatic carbocycles. The number of nitrogens with zero attached hydrogens (tertiary/aromatic N) is 1. The predicted octanol–water partition coefficient (Wildman–Crippen LogP) is 2.48. The zero-order valence-electron chi connectivity index (χ0n) is 12.5. The Morgan fingerprint density at radius 1 is 1.37 bits per heavy atom. The minimum Gasteiger partial charge on any atom is -0.480 e. The smallest absolute Gasteiger partial charge is 0.320 e. The highest BCUT2D eigenvalue weighted by Gasteiger charge is 2.18. The van der Waals surface area contributed by atoms with Gasteiger partial charge in [-0.1, -0.05) is 32.6 Å². The van der Waals surface area contributed by atoms with Crippen LogP contribution in [0.2, 0.25) is 0 Å². The lowest BCUT2D eigenvalue weighted by atomic mass is 9.94. The number of hydrogen-bond acceptors (Lipinski definition) is 3. The van der Waals surface area contributed by atoms with Crippen molar-refractivity contribution >= 4 is 5.97 Å². The van der Waals surface area contributed by atoms with Gasteiger partial charge in [0.2, 0.25) is 0 Å². The van der Waals surface area contributed by atoms with Crippen molar-refractivity contribution in [1.82, 2.24) is 10.2 Å². The van der Waals surface area contributed by atoms with Gasteiger partial charge in [0.25, 0.3) is 0 Å². The predicted molar refractivity (Wildman–Crippen MR) is 78.5 cm³/mol. The van der Waals surface area contributed by atoms with Gasteiger partial charge >= 0.3 is 5.97 Å². The Labute approximate surface area is 117 Å². The Bertz CT molecular complexity index is 253. The molecule has 0 saturated heterocycles. The molecule has 0 aromatic heterocycles. The third-order valence-corrected chi connectivity index (χ3v) is 4.15. The number of carboxylic acids is 1. The Morgan fingerprint density at radius 3 is 2.63 bits per heavy atom. The molecule has 0 aliphatic heterocycles. The lowest BCUT2D eigenvalue weighted by molar-refractivity contribution is -0.139. The van der Waals surface area contributed by atoms with Crippen LogP contribution in [0.1, 0.15) is 58.3 Å². The summed E-state index contributed by atoms with van der Waals surface area (Å²) in [5.74, 6) is -0.720. The molecule has 0 heterocycles. The van der Waals surface area contributed by atoms with E-state index < -0.39 is 5.97 Å². The topological polar surface area (TPSA) is 52.6 Å². The second-order valence-electron chi connectivity index (χ2n) is 5.76. The van der Waals surface area contributed by atoms with Crippen LogP contribution in [0.4, 0.5) is 0 Å². The second kappa shape index (κ2) is 9.32. The molecule has 1 saturated carbocycles. The van der Waals surface area contributed by atoms with E-state index >= 15 is 0 Å². The van der Waals surface area contributed by atoms with Gasteiger partial charge in [-0.25, -0.2) is 0 Å². The van der Waals surface area contributed by atoms with E-state index in [2.05, 4.69) is 17.3 Å². The molecular formula is C15H30N2O2. The van der Waals surface area contributed by atoms with Crippen molar-refractivity contribution in [3.05, 3.63) is 0 Å². The van der Waals surface area contributed by atoms with Crippen LogP contribution in [0.25, 0.3) is 0 Å². The maximum Gasteiger partial charge on any atom is 0.320 e. The van der Waals surface area contributed by atoms with Gasteiger partial charge in [0.15, 0.2) is 0 Å². The molecule has 2 N–H and O–H groups in total. The summed E-state index contributed by atoms with van der Waals surface area (Å²) in [5, 5.41) is 12.2. The fourth-order valence-corrected chi connectivity index (χ4v) is 2.91. The Kier molecular flexibility index (Phi) is 8.07. The Balaban J connectivity index is 2.13. The minimum atomic E-state index is -0.720. The van der Waals surface area contributed by atoms with Gasteiger partial charge in [-0.3, -0.25) is 4.79 Å². The van der Waals surface area contributed by atoms with Gasteiger partial charge in [0.1, 0.15) is 6.04 Å². The van der Waals surface area contributed by atoms with Crippen LogP contribution in [0.15, 0.2) is 0 Å². The number of carboxylic acid groups (broad SMARTS) is 1. The van der Waals surface area contributed by atoms with E-state index in [-0.39, 0.29) is 6.04 Å². The number of aliphatic carboxylic acids is 1. The minimum absolute atomic E-state index is 0.370. The monoisotopic (exact) mass is 270 g/mol. The molecule has 1 rings (SSSR count). The largest absolute Gasteiger partial charge is 0.480 e. The third-order valence-electron chi connectivity index (χ3n) is 4.15. The first-order valence-corrected chi connectivity index (χ1v) is 7.81. The van der Waals surface area contributed by atoms with E-state index in [1.54, 1.807) is 0 Å². The standard InChI is InChI=1S/C15H30N2O2/c1-3-8-14(15(18)19)16-11-7-12-17(2)13-9-5-4-6-10-13/h13-14,16H,3-12H2,1-2H3,(H,18,19). The molecule has 0 bridgehead atoms. The average molecular weight is 270 g/mol. The van der Waals surface area contributed by atoms with Crippen LogP contribution in [0, 0.1) is 0 Å². The van der Waals surface area contributed by atoms with E-state index in [9.17, 15) is 4.79 Å². The van der Waals surface area contributed by atoms with Crippen molar-refractivity contribution in [3.8, 4) is 0 Å². The summed E-state index contributed by atoms with van der Waals surface area (Å²) >= 11 is 0. The van der Waals surface area contributed by atoms with Crippen molar-refractivity contribution in [3.63, 3.8) is 0 Å². The van der Waals surface area contributed by atoms with Gasteiger partial charge in [-0.2, -0.15) is 0 Å². The lowest BCUT2D eigenvalue weighted by Gasteiger charge is -2.31. The summed E-state index contributed by atoms with van der Waals surface area (Å²) < 4.78 is 0. The molecule has 1 fully saturated rings. The van der Waals surface area contributed by atoms with Crippen molar-refractivity contribution in [2.45, 2.75) is 70.4 Å². The van der Waals surface area contributed by atoms with E-state index in [1.807, 2.05) is 6.92 Å². The van der Waals surface area contributed by atoms with Crippen molar-refractivity contribution in [2.24, 2.45) is 0 Å². The molecule has 1 unspecified atom stereocenters. The molecule has 1 aliphatic rings. The van der Waals surface area contributed by atoms with Crippen LogP contribution >= 0.6 is 0 Å². The first kappa shape index (κ1) is 16.4. The highest BCUT2D eigenvalue weighted by molar-refractivity contribution is 5.73. The van der Waals surface area contributed by atoms with Crippen molar-refractivity contribution < 1.29 is 9.90 Å². The zero-order chi connectivity index (χ0) is 14.1. The fraction of sp³-hybridized carbons (Fsp3) is 0.933. The highest BCUT2D eigenvalue weighted by Crippen LogP contribution is 2.21. The first-order valence-electron chi connectivity index (χ1n) is 7.81. The summed E-state index contributed by atoms with van der Waals surface area (Å²) in [4.78, 5) is 13.4. The maximum absolute atomic E-state index is 11.0. The lowest BCUT2D eigenvalue weighted by Crippen LogP contribution is -2.39. The Hall–Kier alpha value is -0.610. The molecule has 0 spiro atoms. The van der Waals surface area contributed by atoms with Crippen LogP contribution in [0.5, 0.6) is 0 Å². The van der Waals surface area contributed by atoms with Crippen molar-refractivity contribution in [1.29, 1.82) is 0 Å². The van der Waals surface area contributed by atoms with Gasteiger partial charge in [0.05, 0.1) is 0 Å². The quantitative estimate of drug-likeness (QED) is 0.632. The SMILES string of the molecule is CCCC(NCCCN(C)C1CCCCC1)C(=O)O. The van der Waals surface area contributed by atoms with Gasteiger partial charge in [0, 0.05) is 6.04 Å². The number of nitrogens with one attached hydrogen (secondary N) is 1. The molecule has 0 aromatic rings. The number of carbonyl (C=O) groups is 1. The second-order valence-corrected chi connectivity index (χ2v) is 5.76. The molecule has 4 heteroatoms. The molecule has 0 aromatic carbocycles. The first-order chi connectivity index (χ1) is 9.15. The van der Waals surface area contributed by atoms with Crippen LogP contribution in [-0.2, 0) is 4.79 Å². The summed E-state index contributed by atoms with van der Waals surface area (Å²) in [6, 6.07) is 0.379. The van der Waals surface area contributed by atoms with E-state index in [4.69, 9.17) is 5.11 Å². The van der Waals surface area contributed by atoms with Crippen LogP contribution in [-0.4, -0.2) is 48.2 Å². The maximum atomic E-state index is 11.0. The van der Waals surface area contributed by atoms with Crippen LogP contribution < -0.4 is 5.32 Å².